The smallest absolute Gasteiger partial charge is 0.305 e. The first-order chi connectivity index (χ1) is 10.4. The molecule has 2 amide bonds. The number of nitrogens with one attached hydrogen (secondary N) is 2. The summed E-state index contributed by atoms with van der Waals surface area (Å²) >= 11 is 1.66. The zero-order chi connectivity index (χ0) is 18.4. The molecule has 0 fully saturated rings. The van der Waals surface area contributed by atoms with E-state index in [-0.39, 0.29) is 22.6 Å². The van der Waals surface area contributed by atoms with Crippen LogP contribution in [0.1, 0.15) is 41.0 Å². The number of amides is 2. The second-order valence-electron chi connectivity index (χ2n) is 6.47. The number of carbonyl (C=O) groups is 3. The van der Waals surface area contributed by atoms with Crippen molar-refractivity contribution in [3.05, 3.63) is 0 Å². The summed E-state index contributed by atoms with van der Waals surface area (Å²) in [5.41, 5.74) is 5.48. The van der Waals surface area contributed by atoms with E-state index >= 15 is 0 Å². The van der Waals surface area contributed by atoms with Gasteiger partial charge in [-0.15, -0.1) is 0 Å². The van der Waals surface area contributed by atoms with E-state index < -0.39 is 30.4 Å². The monoisotopic (exact) mass is 347 g/mol. The lowest BCUT2D eigenvalue weighted by atomic mass is 9.92. The second kappa shape index (κ2) is 9.12. The zero-order valence-electron chi connectivity index (χ0n) is 14.7. The molecule has 5 N–H and O–H groups in total. The second-order valence-corrected chi connectivity index (χ2v) is 7.93. The summed E-state index contributed by atoms with van der Waals surface area (Å²) in [6, 6.07) is -2.04. The molecular weight excluding hydrogens is 318 g/mol. The summed E-state index contributed by atoms with van der Waals surface area (Å²) in [6.07, 6.45) is 1.51. The van der Waals surface area contributed by atoms with Crippen molar-refractivity contribution >= 4 is 29.5 Å². The SMILES string of the molecule is CSC(C)(C)C(NC(=O)[C@H](C)NC(=O)[C@@H](N)CC(=O)O)C(C)C. The molecule has 3 atom stereocenters. The maximum absolute atomic E-state index is 12.3. The van der Waals surface area contributed by atoms with Crippen molar-refractivity contribution in [3.8, 4) is 0 Å². The van der Waals surface area contributed by atoms with Crippen LogP contribution in [0.3, 0.4) is 0 Å². The van der Waals surface area contributed by atoms with Crippen molar-refractivity contribution in [1.29, 1.82) is 0 Å². The van der Waals surface area contributed by atoms with E-state index in [4.69, 9.17) is 10.8 Å². The summed E-state index contributed by atoms with van der Waals surface area (Å²) in [6.45, 7) is 9.69. The van der Waals surface area contributed by atoms with Gasteiger partial charge in [0.25, 0.3) is 0 Å². The minimum absolute atomic E-state index is 0.0722. The number of carboxylic acids is 1. The fraction of sp³-hybridized carbons (Fsp3) is 0.800. The lowest BCUT2D eigenvalue weighted by Crippen LogP contribution is -2.56. The third-order valence-electron chi connectivity index (χ3n) is 3.72. The van der Waals surface area contributed by atoms with E-state index in [2.05, 4.69) is 24.5 Å². The molecular formula is C15H29N3O4S. The van der Waals surface area contributed by atoms with E-state index in [9.17, 15) is 14.4 Å². The quantitative estimate of drug-likeness (QED) is 0.484. The number of rotatable bonds is 9. The van der Waals surface area contributed by atoms with Crippen LogP contribution in [0.15, 0.2) is 0 Å². The topological polar surface area (TPSA) is 122 Å². The number of aliphatic carboxylic acids is 1. The van der Waals surface area contributed by atoms with Crippen LogP contribution in [0, 0.1) is 5.92 Å². The Morgan fingerprint density at radius 1 is 1.13 bits per heavy atom. The van der Waals surface area contributed by atoms with Crippen molar-refractivity contribution in [2.45, 2.75) is 63.9 Å². The third kappa shape index (κ3) is 7.22. The Hall–Kier alpha value is -1.28. The van der Waals surface area contributed by atoms with E-state index in [1.54, 1.807) is 18.7 Å². The van der Waals surface area contributed by atoms with Gasteiger partial charge in [-0.1, -0.05) is 13.8 Å². The van der Waals surface area contributed by atoms with E-state index in [1.807, 2.05) is 20.1 Å². The van der Waals surface area contributed by atoms with E-state index in [1.165, 1.54) is 0 Å². The molecule has 0 aliphatic carbocycles. The highest BCUT2D eigenvalue weighted by atomic mass is 32.2. The van der Waals surface area contributed by atoms with Gasteiger partial charge in [-0.25, -0.2) is 0 Å². The number of carboxylic acid groups (broad SMARTS) is 1. The van der Waals surface area contributed by atoms with Crippen molar-refractivity contribution in [1.82, 2.24) is 10.6 Å². The molecule has 0 radical (unpaired) electrons. The first-order valence-corrected chi connectivity index (χ1v) is 8.78. The third-order valence-corrected chi connectivity index (χ3v) is 5.03. The van der Waals surface area contributed by atoms with Gasteiger partial charge in [0.2, 0.25) is 11.8 Å². The van der Waals surface area contributed by atoms with Gasteiger partial charge >= 0.3 is 5.97 Å². The highest BCUT2D eigenvalue weighted by molar-refractivity contribution is 8.00. The highest BCUT2D eigenvalue weighted by Crippen LogP contribution is 2.29. The predicted octanol–water partition coefficient (Wildman–Crippen LogP) is 0.576. The first-order valence-electron chi connectivity index (χ1n) is 7.55. The van der Waals surface area contributed by atoms with Crippen LogP contribution in [0.2, 0.25) is 0 Å². The molecule has 0 saturated carbocycles. The standard InChI is InChI=1S/C15H29N3O4S/c1-8(2)12(15(4,5)23-6)18-13(21)9(3)17-14(22)10(16)7-11(19)20/h8-10,12H,7,16H2,1-6H3,(H,17,22)(H,18,21)(H,19,20)/t9-,10-,12?/m0/s1. The number of carbonyl (C=O) groups excluding carboxylic acids is 2. The van der Waals surface area contributed by atoms with Crippen LogP contribution in [-0.4, -0.2) is 52.0 Å². The Bertz CT molecular complexity index is 440. The first kappa shape index (κ1) is 21.7. The molecule has 0 aromatic heterocycles. The van der Waals surface area contributed by atoms with Gasteiger partial charge in [-0.05, 0) is 32.9 Å². The fourth-order valence-electron chi connectivity index (χ4n) is 2.22. The number of hydrogen-bond donors (Lipinski definition) is 4. The minimum atomic E-state index is -1.17. The van der Waals surface area contributed by atoms with Crippen molar-refractivity contribution in [2.75, 3.05) is 6.26 Å². The van der Waals surface area contributed by atoms with E-state index in [0.717, 1.165) is 0 Å². The predicted molar refractivity (Wildman–Crippen MR) is 92.2 cm³/mol. The van der Waals surface area contributed by atoms with Crippen molar-refractivity contribution < 1.29 is 19.5 Å². The van der Waals surface area contributed by atoms with Crippen LogP contribution >= 0.6 is 11.8 Å². The summed E-state index contributed by atoms with van der Waals surface area (Å²) in [7, 11) is 0. The molecule has 1 unspecified atom stereocenters. The maximum atomic E-state index is 12.3. The maximum Gasteiger partial charge on any atom is 0.305 e. The number of nitrogens with two attached hydrogens (primary N) is 1. The van der Waals surface area contributed by atoms with E-state index in [0.29, 0.717) is 0 Å². The molecule has 7 nitrogen and oxygen atoms in total. The fourth-order valence-corrected chi connectivity index (χ4v) is 2.80. The largest absolute Gasteiger partial charge is 0.481 e. The highest BCUT2D eigenvalue weighted by Gasteiger charge is 2.33. The summed E-state index contributed by atoms with van der Waals surface area (Å²) in [4.78, 5) is 34.6. The molecule has 8 heteroatoms. The zero-order valence-corrected chi connectivity index (χ0v) is 15.5. The molecule has 0 aliphatic heterocycles. The Labute approximate surface area is 142 Å². The molecule has 0 heterocycles. The molecule has 0 saturated heterocycles. The van der Waals surface area contributed by atoms with Gasteiger partial charge in [0.05, 0.1) is 12.5 Å². The molecule has 134 valence electrons. The van der Waals surface area contributed by atoms with Crippen molar-refractivity contribution in [3.63, 3.8) is 0 Å². The molecule has 0 aromatic rings. The van der Waals surface area contributed by atoms with Crippen LogP contribution in [0.25, 0.3) is 0 Å². The Morgan fingerprint density at radius 2 is 1.65 bits per heavy atom. The van der Waals surface area contributed by atoms with Crippen LogP contribution in [-0.2, 0) is 14.4 Å². The molecule has 0 spiro atoms. The van der Waals surface area contributed by atoms with Gasteiger partial charge in [-0.3, -0.25) is 14.4 Å². The molecule has 23 heavy (non-hydrogen) atoms. The lowest BCUT2D eigenvalue weighted by Gasteiger charge is -2.37. The lowest BCUT2D eigenvalue weighted by molar-refractivity contribution is -0.139. The number of thioether (sulfide) groups is 1. The molecule has 0 aliphatic rings. The normalized spacial score (nSPS) is 15.7. The Kier molecular flexibility index (Phi) is 8.61. The Balaban J connectivity index is 4.76. The summed E-state index contributed by atoms with van der Waals surface area (Å²) < 4.78 is -0.159. The minimum Gasteiger partial charge on any atom is -0.481 e. The average Bonchev–Trinajstić information content (AvgIpc) is 2.42. The number of hydrogen-bond acceptors (Lipinski definition) is 5. The summed E-state index contributed by atoms with van der Waals surface area (Å²) in [5.74, 6) is -1.91. The van der Waals surface area contributed by atoms with Gasteiger partial charge in [0, 0.05) is 10.8 Å². The van der Waals surface area contributed by atoms with Gasteiger partial charge < -0.3 is 21.5 Å². The van der Waals surface area contributed by atoms with Crippen molar-refractivity contribution in [2.24, 2.45) is 11.7 Å². The van der Waals surface area contributed by atoms with Crippen LogP contribution in [0.5, 0.6) is 0 Å². The average molecular weight is 347 g/mol. The van der Waals surface area contributed by atoms with Gasteiger partial charge in [0.1, 0.15) is 6.04 Å². The van der Waals surface area contributed by atoms with Gasteiger partial charge in [0.15, 0.2) is 0 Å². The van der Waals surface area contributed by atoms with Crippen LogP contribution < -0.4 is 16.4 Å². The van der Waals surface area contributed by atoms with Gasteiger partial charge in [-0.2, -0.15) is 11.8 Å². The Morgan fingerprint density at radius 3 is 2.04 bits per heavy atom. The summed E-state index contributed by atoms with van der Waals surface area (Å²) in [5, 5.41) is 14.0. The van der Waals surface area contributed by atoms with Crippen LogP contribution in [0.4, 0.5) is 0 Å². The molecule has 0 rings (SSSR count). The molecule has 0 bridgehead atoms. The molecule has 0 aromatic carbocycles.